The topological polar surface area (TPSA) is 94.9 Å². The molecule has 40 heavy (non-hydrogen) atoms. The van der Waals surface area contributed by atoms with E-state index in [-0.39, 0.29) is 17.6 Å². The standard InChI is InChI=1S/C25H28F6N6O3/c26-24(27,28)20-14-17(3-5-21(20)37(39)40)33-18-7-9-36(16-18)23(38)2-1-8-34-10-12-35(13-11-34)19-4-6-22(32-15-19)25(29,30)31/h3-6,14-15,18,33H,1-2,7-13,16H2/t18-/m1/s1. The zero-order valence-corrected chi connectivity index (χ0v) is 21.3. The van der Waals surface area contributed by atoms with Gasteiger partial charge in [0.1, 0.15) is 11.3 Å². The number of rotatable bonds is 8. The Kier molecular flexibility index (Phi) is 8.71. The Morgan fingerprint density at radius 1 is 1.02 bits per heavy atom. The van der Waals surface area contributed by atoms with Crippen LogP contribution in [0.15, 0.2) is 36.5 Å². The molecule has 1 aromatic carbocycles. The average Bonchev–Trinajstić information content (AvgIpc) is 3.36. The number of hydrogen-bond acceptors (Lipinski definition) is 7. The fourth-order valence-electron chi connectivity index (χ4n) is 4.93. The Hall–Kier alpha value is -3.62. The second kappa shape index (κ2) is 11.9. The number of nitrogens with one attached hydrogen (secondary N) is 1. The van der Waals surface area contributed by atoms with Crippen molar-refractivity contribution >= 4 is 23.0 Å². The van der Waals surface area contributed by atoms with Crippen molar-refractivity contribution in [1.29, 1.82) is 0 Å². The van der Waals surface area contributed by atoms with Crippen LogP contribution in [-0.2, 0) is 17.1 Å². The van der Waals surface area contributed by atoms with Crippen LogP contribution in [0.2, 0.25) is 0 Å². The molecule has 1 N–H and O–H groups in total. The minimum absolute atomic E-state index is 0.0570. The number of alkyl halides is 6. The quantitative estimate of drug-likeness (QED) is 0.279. The highest BCUT2D eigenvalue weighted by molar-refractivity contribution is 5.76. The van der Waals surface area contributed by atoms with E-state index in [9.17, 15) is 41.3 Å². The van der Waals surface area contributed by atoms with Gasteiger partial charge < -0.3 is 15.1 Å². The Morgan fingerprint density at radius 2 is 1.75 bits per heavy atom. The van der Waals surface area contributed by atoms with E-state index in [4.69, 9.17) is 0 Å². The molecule has 0 unspecified atom stereocenters. The summed E-state index contributed by atoms with van der Waals surface area (Å²) in [6, 6.07) is 4.88. The Labute approximate surface area is 225 Å². The Bertz CT molecular complexity index is 1200. The lowest BCUT2D eigenvalue weighted by atomic mass is 10.1. The van der Waals surface area contributed by atoms with Crippen LogP contribution in [-0.4, -0.2) is 77.5 Å². The van der Waals surface area contributed by atoms with Gasteiger partial charge in [-0.1, -0.05) is 0 Å². The summed E-state index contributed by atoms with van der Waals surface area (Å²) in [6.07, 6.45) is -6.66. The van der Waals surface area contributed by atoms with Crippen LogP contribution < -0.4 is 10.2 Å². The molecule has 2 aliphatic rings. The fraction of sp³-hybridized carbons (Fsp3) is 0.520. The van der Waals surface area contributed by atoms with Crippen molar-refractivity contribution in [3.05, 3.63) is 57.9 Å². The zero-order valence-electron chi connectivity index (χ0n) is 21.3. The highest BCUT2D eigenvalue weighted by Crippen LogP contribution is 2.38. The number of likely N-dealkylation sites (tertiary alicyclic amines) is 1. The number of nitro benzene ring substituents is 1. The number of nitro groups is 1. The van der Waals surface area contributed by atoms with Crippen LogP contribution in [0.5, 0.6) is 0 Å². The molecule has 2 saturated heterocycles. The maximum absolute atomic E-state index is 13.2. The van der Waals surface area contributed by atoms with Crippen LogP contribution >= 0.6 is 0 Å². The molecule has 218 valence electrons. The predicted octanol–water partition coefficient (Wildman–Crippen LogP) is 4.64. The van der Waals surface area contributed by atoms with Gasteiger partial charge in [-0.3, -0.25) is 19.8 Å². The third-order valence-corrected chi connectivity index (χ3v) is 7.05. The summed E-state index contributed by atoms with van der Waals surface area (Å²) in [4.78, 5) is 31.9. The number of carbonyl (C=O) groups is 1. The molecule has 0 aliphatic carbocycles. The maximum Gasteiger partial charge on any atom is 0.433 e. The predicted molar refractivity (Wildman–Crippen MR) is 134 cm³/mol. The maximum atomic E-state index is 13.2. The van der Waals surface area contributed by atoms with E-state index in [1.165, 1.54) is 18.3 Å². The largest absolute Gasteiger partial charge is 0.433 e. The van der Waals surface area contributed by atoms with Gasteiger partial charge in [-0.15, -0.1) is 0 Å². The normalized spacial score (nSPS) is 18.7. The highest BCUT2D eigenvalue weighted by Gasteiger charge is 2.39. The number of piperazine rings is 1. The highest BCUT2D eigenvalue weighted by atomic mass is 19.4. The lowest BCUT2D eigenvalue weighted by Gasteiger charge is -2.36. The average molecular weight is 575 g/mol. The number of halogens is 6. The summed E-state index contributed by atoms with van der Waals surface area (Å²) in [5.41, 5.74) is -2.54. The number of pyridine rings is 1. The number of anilines is 2. The molecule has 4 rings (SSSR count). The van der Waals surface area contributed by atoms with Crippen molar-refractivity contribution in [2.75, 3.05) is 56.0 Å². The molecule has 1 atom stereocenters. The Morgan fingerprint density at radius 3 is 2.35 bits per heavy atom. The monoisotopic (exact) mass is 574 g/mol. The summed E-state index contributed by atoms with van der Waals surface area (Å²) >= 11 is 0. The van der Waals surface area contributed by atoms with Crippen LogP contribution in [0.4, 0.5) is 43.4 Å². The zero-order chi connectivity index (χ0) is 29.1. The summed E-state index contributed by atoms with van der Waals surface area (Å²) in [5, 5.41) is 13.9. The van der Waals surface area contributed by atoms with E-state index in [2.05, 4.69) is 15.2 Å². The van der Waals surface area contributed by atoms with Crippen molar-refractivity contribution in [1.82, 2.24) is 14.8 Å². The van der Waals surface area contributed by atoms with Crippen molar-refractivity contribution < 1.29 is 36.1 Å². The minimum atomic E-state index is -4.87. The van der Waals surface area contributed by atoms with Crippen LogP contribution in [0, 0.1) is 10.1 Å². The molecule has 0 saturated carbocycles. The first-order valence-electron chi connectivity index (χ1n) is 12.7. The number of aromatic nitrogens is 1. The lowest BCUT2D eigenvalue weighted by molar-refractivity contribution is -0.388. The number of amides is 1. The number of nitrogens with zero attached hydrogens (tertiary/aromatic N) is 5. The summed E-state index contributed by atoms with van der Waals surface area (Å²) in [7, 11) is 0. The molecule has 1 amide bonds. The van der Waals surface area contributed by atoms with Gasteiger partial charge in [0.25, 0.3) is 5.69 Å². The summed E-state index contributed by atoms with van der Waals surface area (Å²) < 4.78 is 77.9. The van der Waals surface area contributed by atoms with E-state index in [1.807, 2.05) is 4.90 Å². The van der Waals surface area contributed by atoms with Gasteiger partial charge in [0.15, 0.2) is 0 Å². The van der Waals surface area contributed by atoms with Gasteiger partial charge in [0, 0.05) is 63.5 Å². The van der Waals surface area contributed by atoms with Gasteiger partial charge in [-0.2, -0.15) is 26.3 Å². The van der Waals surface area contributed by atoms with Gasteiger partial charge in [0.05, 0.1) is 16.8 Å². The van der Waals surface area contributed by atoms with Gasteiger partial charge in [-0.05, 0) is 43.7 Å². The molecule has 0 bridgehead atoms. The first-order chi connectivity index (χ1) is 18.8. The van der Waals surface area contributed by atoms with Crippen molar-refractivity contribution in [3.63, 3.8) is 0 Å². The third-order valence-electron chi connectivity index (χ3n) is 7.05. The van der Waals surface area contributed by atoms with Crippen LogP contribution in [0.3, 0.4) is 0 Å². The van der Waals surface area contributed by atoms with Gasteiger partial charge in [-0.25, -0.2) is 4.98 Å². The van der Waals surface area contributed by atoms with E-state index in [0.717, 1.165) is 18.2 Å². The molecular formula is C25H28F6N6O3. The number of hydrogen-bond donors (Lipinski definition) is 1. The molecule has 0 spiro atoms. The molecule has 0 radical (unpaired) electrons. The molecule has 1 aromatic heterocycles. The minimum Gasteiger partial charge on any atom is -0.380 e. The van der Waals surface area contributed by atoms with E-state index >= 15 is 0 Å². The second-order valence-electron chi connectivity index (χ2n) is 9.79. The number of benzene rings is 1. The first kappa shape index (κ1) is 29.4. The smallest absolute Gasteiger partial charge is 0.380 e. The molecule has 2 aromatic rings. The molecular weight excluding hydrogens is 546 g/mol. The number of carbonyl (C=O) groups excluding carboxylic acids is 1. The first-order valence-corrected chi connectivity index (χ1v) is 12.7. The summed E-state index contributed by atoms with van der Waals surface area (Å²) in [6.45, 7) is 4.09. The Balaban J connectivity index is 1.19. The summed E-state index contributed by atoms with van der Waals surface area (Å²) in [5.74, 6) is -0.0570. The van der Waals surface area contributed by atoms with Crippen molar-refractivity contribution in [2.45, 2.75) is 37.7 Å². The molecule has 2 aliphatic heterocycles. The van der Waals surface area contributed by atoms with E-state index in [1.54, 1.807) is 4.90 Å². The van der Waals surface area contributed by atoms with Crippen molar-refractivity contribution in [2.24, 2.45) is 0 Å². The van der Waals surface area contributed by atoms with Gasteiger partial charge in [0.2, 0.25) is 5.91 Å². The molecule has 3 heterocycles. The molecule has 15 heteroatoms. The van der Waals surface area contributed by atoms with Crippen LogP contribution in [0.1, 0.15) is 30.5 Å². The molecule has 2 fully saturated rings. The van der Waals surface area contributed by atoms with Crippen molar-refractivity contribution in [3.8, 4) is 0 Å². The molecule has 9 nitrogen and oxygen atoms in total. The van der Waals surface area contributed by atoms with Gasteiger partial charge >= 0.3 is 12.4 Å². The second-order valence-corrected chi connectivity index (χ2v) is 9.79. The van der Waals surface area contributed by atoms with E-state index in [0.29, 0.717) is 70.8 Å². The van der Waals surface area contributed by atoms with Crippen LogP contribution in [0.25, 0.3) is 0 Å². The van der Waals surface area contributed by atoms with E-state index < -0.39 is 34.2 Å². The third kappa shape index (κ3) is 7.31. The lowest BCUT2D eigenvalue weighted by Crippen LogP contribution is -2.46. The fourth-order valence-corrected chi connectivity index (χ4v) is 4.93. The SMILES string of the molecule is O=C(CCCN1CCN(c2ccc(C(F)(F)F)nc2)CC1)N1CC[C@@H](Nc2ccc([N+](=O)[O-])c(C(F)(F)F)c2)C1.